The standard InChI is InChI=1S/C10H10F2O2/c1-10(12,9(13)14-2)7-4-3-5-8(11)6-7/h3-6H,1-2H3. The van der Waals surface area contributed by atoms with Gasteiger partial charge in [0.1, 0.15) is 5.82 Å². The lowest BCUT2D eigenvalue weighted by atomic mass is 9.98. The molecule has 0 aliphatic carbocycles. The Bertz CT molecular complexity index is 348. The van der Waals surface area contributed by atoms with E-state index >= 15 is 0 Å². The van der Waals surface area contributed by atoms with E-state index in [2.05, 4.69) is 4.74 Å². The first-order chi connectivity index (χ1) is 6.48. The fourth-order valence-electron chi connectivity index (χ4n) is 1.09. The highest BCUT2D eigenvalue weighted by atomic mass is 19.1. The number of rotatable bonds is 2. The lowest BCUT2D eigenvalue weighted by molar-refractivity contribution is -0.154. The molecule has 0 fully saturated rings. The molecule has 0 spiro atoms. The number of halogens is 2. The molecular formula is C10H10F2O2. The summed E-state index contributed by atoms with van der Waals surface area (Å²) in [4.78, 5) is 11.0. The zero-order valence-corrected chi connectivity index (χ0v) is 7.88. The van der Waals surface area contributed by atoms with Crippen molar-refractivity contribution >= 4 is 5.97 Å². The summed E-state index contributed by atoms with van der Waals surface area (Å²) in [6, 6.07) is 4.82. The molecule has 1 aromatic carbocycles. The Morgan fingerprint density at radius 2 is 2.14 bits per heavy atom. The number of hydrogen-bond donors (Lipinski definition) is 0. The smallest absolute Gasteiger partial charge is 0.348 e. The number of ether oxygens (including phenoxy) is 1. The van der Waals surface area contributed by atoms with Crippen molar-refractivity contribution in [1.29, 1.82) is 0 Å². The van der Waals surface area contributed by atoms with E-state index in [0.717, 1.165) is 20.1 Å². The van der Waals surface area contributed by atoms with Crippen molar-refractivity contribution in [3.05, 3.63) is 35.6 Å². The Hall–Kier alpha value is -1.45. The lowest BCUT2D eigenvalue weighted by Gasteiger charge is -2.17. The lowest BCUT2D eigenvalue weighted by Crippen LogP contribution is -2.28. The molecule has 0 amide bonds. The van der Waals surface area contributed by atoms with E-state index in [1.54, 1.807) is 0 Å². The molecule has 0 saturated carbocycles. The largest absolute Gasteiger partial charge is 0.466 e. The van der Waals surface area contributed by atoms with Crippen molar-refractivity contribution in [2.75, 3.05) is 7.11 Å². The quantitative estimate of drug-likeness (QED) is 0.684. The van der Waals surface area contributed by atoms with Crippen LogP contribution in [0, 0.1) is 5.82 Å². The van der Waals surface area contributed by atoms with Gasteiger partial charge in [0.25, 0.3) is 0 Å². The van der Waals surface area contributed by atoms with Crippen LogP contribution >= 0.6 is 0 Å². The van der Waals surface area contributed by atoms with Crippen LogP contribution in [0.2, 0.25) is 0 Å². The van der Waals surface area contributed by atoms with E-state index in [1.165, 1.54) is 18.2 Å². The predicted molar refractivity (Wildman–Crippen MR) is 46.9 cm³/mol. The Labute approximate surface area is 80.5 Å². The maximum absolute atomic E-state index is 13.8. The van der Waals surface area contributed by atoms with Gasteiger partial charge in [-0.25, -0.2) is 13.6 Å². The topological polar surface area (TPSA) is 26.3 Å². The monoisotopic (exact) mass is 200 g/mol. The molecule has 1 unspecified atom stereocenters. The molecule has 0 aliphatic heterocycles. The SMILES string of the molecule is COC(=O)C(C)(F)c1cccc(F)c1. The Kier molecular flexibility index (Phi) is 2.84. The number of carbonyl (C=O) groups is 1. The highest BCUT2D eigenvalue weighted by Gasteiger charge is 2.36. The predicted octanol–water partition coefficient (Wildman–Crippen LogP) is 2.18. The van der Waals surface area contributed by atoms with Crippen LogP contribution in [0.4, 0.5) is 8.78 Å². The molecule has 0 N–H and O–H groups in total. The average molecular weight is 200 g/mol. The van der Waals surface area contributed by atoms with Crippen LogP contribution in [0.1, 0.15) is 12.5 Å². The van der Waals surface area contributed by atoms with Crippen LogP contribution < -0.4 is 0 Å². The van der Waals surface area contributed by atoms with Crippen LogP contribution in [-0.4, -0.2) is 13.1 Å². The highest BCUT2D eigenvalue weighted by molar-refractivity contribution is 5.80. The van der Waals surface area contributed by atoms with E-state index in [9.17, 15) is 13.6 Å². The minimum Gasteiger partial charge on any atom is -0.466 e. The molecule has 0 aromatic heterocycles. The number of esters is 1. The third-order valence-corrected chi connectivity index (χ3v) is 1.94. The average Bonchev–Trinajstić information content (AvgIpc) is 2.16. The summed E-state index contributed by atoms with van der Waals surface area (Å²) in [5.41, 5.74) is -2.36. The molecule has 0 radical (unpaired) electrons. The van der Waals surface area contributed by atoms with Gasteiger partial charge in [-0.1, -0.05) is 12.1 Å². The molecule has 0 aliphatic rings. The second-order valence-corrected chi connectivity index (χ2v) is 3.00. The van der Waals surface area contributed by atoms with Crippen LogP contribution in [0.3, 0.4) is 0 Å². The summed E-state index contributed by atoms with van der Waals surface area (Å²) in [5, 5.41) is 0. The van der Waals surface area contributed by atoms with Crippen molar-refractivity contribution in [2.24, 2.45) is 0 Å². The van der Waals surface area contributed by atoms with Gasteiger partial charge < -0.3 is 4.74 Å². The highest BCUT2D eigenvalue weighted by Crippen LogP contribution is 2.27. The number of benzene rings is 1. The van der Waals surface area contributed by atoms with Gasteiger partial charge in [0.15, 0.2) is 0 Å². The molecule has 0 saturated heterocycles. The Balaban J connectivity index is 3.09. The minimum absolute atomic E-state index is 0.0515. The second-order valence-electron chi connectivity index (χ2n) is 3.00. The molecular weight excluding hydrogens is 190 g/mol. The number of methoxy groups -OCH3 is 1. The molecule has 14 heavy (non-hydrogen) atoms. The molecule has 2 nitrogen and oxygen atoms in total. The van der Waals surface area contributed by atoms with E-state index in [0.29, 0.717) is 0 Å². The molecule has 0 bridgehead atoms. The van der Waals surface area contributed by atoms with Crippen LogP contribution in [0.15, 0.2) is 24.3 Å². The second kappa shape index (κ2) is 3.74. The van der Waals surface area contributed by atoms with Crippen molar-refractivity contribution in [1.82, 2.24) is 0 Å². The zero-order chi connectivity index (χ0) is 10.8. The van der Waals surface area contributed by atoms with E-state index in [1.807, 2.05) is 0 Å². The molecule has 76 valence electrons. The van der Waals surface area contributed by atoms with Gasteiger partial charge in [0, 0.05) is 5.56 Å². The first-order valence-electron chi connectivity index (χ1n) is 4.02. The van der Waals surface area contributed by atoms with Gasteiger partial charge in [0.2, 0.25) is 5.67 Å². The molecule has 0 heterocycles. The summed E-state index contributed by atoms with van der Waals surface area (Å²) < 4.78 is 30.8. The summed E-state index contributed by atoms with van der Waals surface area (Å²) in [5.74, 6) is -1.63. The first-order valence-corrected chi connectivity index (χ1v) is 4.02. The molecule has 1 atom stereocenters. The fourth-order valence-corrected chi connectivity index (χ4v) is 1.09. The minimum atomic E-state index is -2.31. The van der Waals surface area contributed by atoms with Gasteiger partial charge in [-0.05, 0) is 19.1 Å². The molecule has 1 rings (SSSR count). The van der Waals surface area contributed by atoms with Gasteiger partial charge in [-0.2, -0.15) is 0 Å². The zero-order valence-electron chi connectivity index (χ0n) is 7.88. The molecule has 1 aromatic rings. The van der Waals surface area contributed by atoms with Gasteiger partial charge >= 0.3 is 5.97 Å². The third kappa shape index (κ3) is 1.89. The van der Waals surface area contributed by atoms with Gasteiger partial charge in [-0.15, -0.1) is 0 Å². The first kappa shape index (κ1) is 10.6. The van der Waals surface area contributed by atoms with Gasteiger partial charge in [-0.3, -0.25) is 0 Å². The Morgan fingerprint density at radius 1 is 1.50 bits per heavy atom. The summed E-state index contributed by atoms with van der Waals surface area (Å²) >= 11 is 0. The summed E-state index contributed by atoms with van der Waals surface area (Å²) in [7, 11) is 1.08. The normalized spacial score (nSPS) is 14.6. The van der Waals surface area contributed by atoms with Crippen molar-refractivity contribution in [3.8, 4) is 0 Å². The van der Waals surface area contributed by atoms with E-state index in [-0.39, 0.29) is 5.56 Å². The number of hydrogen-bond acceptors (Lipinski definition) is 2. The van der Waals surface area contributed by atoms with Crippen LogP contribution in [0.5, 0.6) is 0 Å². The van der Waals surface area contributed by atoms with E-state index < -0.39 is 17.5 Å². The van der Waals surface area contributed by atoms with Crippen LogP contribution in [0.25, 0.3) is 0 Å². The number of carbonyl (C=O) groups excluding carboxylic acids is 1. The maximum atomic E-state index is 13.8. The summed E-state index contributed by atoms with van der Waals surface area (Å²) in [6.45, 7) is 1.04. The van der Waals surface area contributed by atoms with Crippen molar-refractivity contribution in [3.63, 3.8) is 0 Å². The fraction of sp³-hybridized carbons (Fsp3) is 0.300. The molecule has 4 heteroatoms. The third-order valence-electron chi connectivity index (χ3n) is 1.94. The maximum Gasteiger partial charge on any atom is 0.348 e. The summed E-state index contributed by atoms with van der Waals surface area (Å²) in [6.07, 6.45) is 0. The number of alkyl halides is 1. The Morgan fingerprint density at radius 3 is 2.64 bits per heavy atom. The van der Waals surface area contributed by atoms with E-state index in [4.69, 9.17) is 0 Å². The van der Waals surface area contributed by atoms with Gasteiger partial charge in [0.05, 0.1) is 7.11 Å². The van der Waals surface area contributed by atoms with Crippen LogP contribution in [-0.2, 0) is 15.2 Å². The van der Waals surface area contributed by atoms with Crippen molar-refractivity contribution < 1.29 is 18.3 Å². The van der Waals surface area contributed by atoms with Crippen molar-refractivity contribution in [2.45, 2.75) is 12.6 Å².